The van der Waals surface area contributed by atoms with Crippen LogP contribution in [0.2, 0.25) is 0 Å². The zero-order valence-electron chi connectivity index (χ0n) is 7.19. The molecule has 0 aliphatic carbocycles. The monoisotopic (exact) mass is 177 g/mol. The molecule has 0 aromatic heterocycles. The predicted molar refractivity (Wildman–Crippen MR) is 42.5 cm³/mol. The van der Waals surface area contributed by atoms with Gasteiger partial charge in [0, 0.05) is 0 Å². The molecule has 0 aliphatic rings. The number of aliphatic hydroxyl groups excluding tert-OH is 1. The van der Waals surface area contributed by atoms with Crippen molar-refractivity contribution in [3.05, 3.63) is 0 Å². The lowest BCUT2D eigenvalue weighted by molar-refractivity contribution is -0.140. The summed E-state index contributed by atoms with van der Waals surface area (Å²) in [6.07, 6.45) is -1.12. The van der Waals surface area contributed by atoms with E-state index in [1.165, 1.54) is 6.92 Å². The molecule has 0 bridgehead atoms. The number of rotatable bonds is 5. The van der Waals surface area contributed by atoms with Crippen LogP contribution in [0.5, 0.6) is 0 Å². The highest BCUT2D eigenvalue weighted by atomic mass is 16.5. The van der Waals surface area contributed by atoms with Crippen LogP contribution < -0.4 is 5.32 Å². The average Bonchev–Trinajstić information content (AvgIpc) is 1.98. The van der Waals surface area contributed by atoms with Crippen molar-refractivity contribution in [3.63, 3.8) is 0 Å². The molecule has 12 heavy (non-hydrogen) atoms. The first kappa shape index (κ1) is 11.4. The van der Waals surface area contributed by atoms with Crippen LogP contribution >= 0.6 is 0 Å². The number of aliphatic carboxylic acids is 1. The molecule has 0 heterocycles. The molecule has 0 aliphatic heterocycles. The molecule has 2 atom stereocenters. The number of carboxylic acid groups (broad SMARTS) is 1. The number of aliphatic hydroxyl groups is 2. The summed E-state index contributed by atoms with van der Waals surface area (Å²) < 4.78 is 0. The van der Waals surface area contributed by atoms with Crippen molar-refractivity contribution in [2.45, 2.75) is 38.6 Å². The minimum absolute atomic E-state index is 0.409. The van der Waals surface area contributed by atoms with Gasteiger partial charge in [-0.25, -0.2) is 0 Å². The van der Waals surface area contributed by atoms with E-state index >= 15 is 0 Å². The second kappa shape index (κ2) is 5.08. The van der Waals surface area contributed by atoms with Crippen LogP contribution in [-0.2, 0) is 4.79 Å². The lowest BCUT2D eigenvalue weighted by Crippen LogP contribution is -2.46. The molecule has 4 N–H and O–H groups in total. The zero-order chi connectivity index (χ0) is 9.72. The summed E-state index contributed by atoms with van der Waals surface area (Å²) in [6, 6.07) is -1.35. The van der Waals surface area contributed by atoms with Crippen molar-refractivity contribution >= 4 is 5.97 Å². The normalized spacial score (nSPS) is 16.1. The summed E-state index contributed by atoms with van der Waals surface area (Å²) in [5, 5.41) is 28.4. The largest absolute Gasteiger partial charge is 0.480 e. The Labute approximate surface area is 71.0 Å². The van der Waals surface area contributed by atoms with Crippen molar-refractivity contribution in [3.8, 4) is 0 Å². The van der Waals surface area contributed by atoms with Gasteiger partial charge in [0.25, 0.3) is 0 Å². The third kappa shape index (κ3) is 3.66. The van der Waals surface area contributed by atoms with Gasteiger partial charge in [0.2, 0.25) is 0 Å². The third-order valence-corrected chi connectivity index (χ3v) is 1.62. The Balaban J connectivity index is 3.94. The van der Waals surface area contributed by atoms with Crippen LogP contribution in [0.4, 0.5) is 0 Å². The number of nitrogens with one attached hydrogen (secondary N) is 1. The van der Waals surface area contributed by atoms with E-state index in [4.69, 9.17) is 15.3 Å². The molecule has 0 aromatic rings. The van der Waals surface area contributed by atoms with Crippen molar-refractivity contribution in [1.29, 1.82) is 0 Å². The van der Waals surface area contributed by atoms with Gasteiger partial charge in [0.05, 0.1) is 6.04 Å². The van der Waals surface area contributed by atoms with Crippen LogP contribution in [0, 0.1) is 0 Å². The minimum atomic E-state index is -1.53. The molecule has 0 unspecified atom stereocenters. The maximum absolute atomic E-state index is 10.5. The molecule has 5 heteroatoms. The van der Waals surface area contributed by atoms with E-state index in [-0.39, 0.29) is 0 Å². The fraction of sp³-hybridized carbons (Fsp3) is 0.857. The summed E-state index contributed by atoms with van der Waals surface area (Å²) in [5.74, 6) is -0.981. The van der Waals surface area contributed by atoms with Gasteiger partial charge < -0.3 is 15.3 Å². The standard InChI is InChI=1S/C7H15NO4/c1-3-5(7(11)12)8-4(2)6(9)10/h4-6,8-10H,3H2,1-2H3,(H,11,12)/t4-,5-/m1/s1. The molecule has 72 valence electrons. The van der Waals surface area contributed by atoms with Gasteiger partial charge in [0.1, 0.15) is 6.04 Å². The van der Waals surface area contributed by atoms with E-state index in [1.807, 2.05) is 0 Å². The maximum atomic E-state index is 10.5. The Morgan fingerprint density at radius 1 is 1.50 bits per heavy atom. The second-order valence-corrected chi connectivity index (χ2v) is 2.67. The van der Waals surface area contributed by atoms with Gasteiger partial charge in [0.15, 0.2) is 6.29 Å². The first-order chi connectivity index (χ1) is 5.49. The Kier molecular flexibility index (Phi) is 4.80. The molecule has 0 saturated heterocycles. The summed E-state index contributed by atoms with van der Waals surface area (Å²) >= 11 is 0. The lowest BCUT2D eigenvalue weighted by atomic mass is 10.2. The van der Waals surface area contributed by atoms with Crippen LogP contribution in [0.25, 0.3) is 0 Å². The highest BCUT2D eigenvalue weighted by Gasteiger charge is 2.19. The lowest BCUT2D eigenvalue weighted by Gasteiger charge is -2.19. The van der Waals surface area contributed by atoms with E-state index in [0.717, 1.165) is 0 Å². The van der Waals surface area contributed by atoms with Crippen LogP contribution in [-0.4, -0.2) is 39.7 Å². The van der Waals surface area contributed by atoms with Gasteiger partial charge >= 0.3 is 5.97 Å². The number of hydrogen-bond donors (Lipinski definition) is 4. The molecule has 0 rings (SSSR count). The average molecular weight is 177 g/mol. The summed E-state index contributed by atoms with van der Waals surface area (Å²) in [7, 11) is 0. The summed E-state index contributed by atoms with van der Waals surface area (Å²) in [5.41, 5.74) is 0. The zero-order valence-corrected chi connectivity index (χ0v) is 7.19. The molecular weight excluding hydrogens is 162 g/mol. The smallest absolute Gasteiger partial charge is 0.320 e. The molecule has 0 aromatic carbocycles. The summed E-state index contributed by atoms with van der Waals surface area (Å²) in [6.45, 7) is 3.22. The minimum Gasteiger partial charge on any atom is -0.480 e. The van der Waals surface area contributed by atoms with E-state index in [0.29, 0.717) is 6.42 Å². The first-order valence-corrected chi connectivity index (χ1v) is 3.84. The first-order valence-electron chi connectivity index (χ1n) is 3.84. The summed E-state index contributed by atoms with van der Waals surface area (Å²) in [4.78, 5) is 10.5. The van der Waals surface area contributed by atoms with E-state index in [9.17, 15) is 4.79 Å². The highest BCUT2D eigenvalue weighted by Crippen LogP contribution is 1.96. The quantitative estimate of drug-likeness (QED) is 0.410. The maximum Gasteiger partial charge on any atom is 0.320 e. The van der Waals surface area contributed by atoms with Gasteiger partial charge in [-0.1, -0.05) is 6.92 Å². The van der Waals surface area contributed by atoms with Gasteiger partial charge in [-0.3, -0.25) is 10.1 Å². The van der Waals surface area contributed by atoms with Gasteiger partial charge in [-0.15, -0.1) is 0 Å². The molecular formula is C7H15NO4. The van der Waals surface area contributed by atoms with Crippen LogP contribution in [0.15, 0.2) is 0 Å². The molecule has 0 fully saturated rings. The molecule has 5 nitrogen and oxygen atoms in total. The predicted octanol–water partition coefficient (Wildman–Crippen LogP) is -0.862. The molecule has 0 radical (unpaired) electrons. The SMILES string of the molecule is CC[C@@H](N[C@H](C)C(O)O)C(=O)O. The number of hydrogen-bond acceptors (Lipinski definition) is 4. The fourth-order valence-corrected chi connectivity index (χ4v) is 0.767. The number of carbonyl (C=O) groups is 1. The Morgan fingerprint density at radius 2 is 2.00 bits per heavy atom. The van der Waals surface area contributed by atoms with E-state index in [2.05, 4.69) is 5.32 Å². The van der Waals surface area contributed by atoms with Gasteiger partial charge in [-0.2, -0.15) is 0 Å². The second-order valence-electron chi connectivity index (χ2n) is 2.67. The van der Waals surface area contributed by atoms with E-state index < -0.39 is 24.3 Å². The molecule has 0 saturated carbocycles. The fourth-order valence-electron chi connectivity index (χ4n) is 0.767. The van der Waals surface area contributed by atoms with Crippen LogP contribution in [0.1, 0.15) is 20.3 Å². The topological polar surface area (TPSA) is 89.8 Å². The van der Waals surface area contributed by atoms with Crippen molar-refractivity contribution in [2.24, 2.45) is 0 Å². The Bertz CT molecular complexity index is 148. The Morgan fingerprint density at radius 3 is 2.25 bits per heavy atom. The third-order valence-electron chi connectivity index (χ3n) is 1.62. The van der Waals surface area contributed by atoms with Gasteiger partial charge in [-0.05, 0) is 13.3 Å². The molecule has 0 spiro atoms. The van der Waals surface area contributed by atoms with Crippen molar-refractivity contribution in [1.82, 2.24) is 5.32 Å². The number of carboxylic acids is 1. The van der Waals surface area contributed by atoms with Crippen LogP contribution in [0.3, 0.4) is 0 Å². The Hall–Kier alpha value is -0.650. The highest BCUT2D eigenvalue weighted by molar-refractivity contribution is 5.73. The van der Waals surface area contributed by atoms with E-state index in [1.54, 1.807) is 6.92 Å². The van der Waals surface area contributed by atoms with Crippen molar-refractivity contribution < 1.29 is 20.1 Å². The molecule has 0 amide bonds. The van der Waals surface area contributed by atoms with Crippen molar-refractivity contribution in [2.75, 3.05) is 0 Å².